The van der Waals surface area contributed by atoms with E-state index < -0.39 is 0 Å². The lowest BCUT2D eigenvalue weighted by Crippen LogP contribution is -2.22. The van der Waals surface area contributed by atoms with Crippen molar-refractivity contribution in [3.05, 3.63) is 64.7 Å². The summed E-state index contributed by atoms with van der Waals surface area (Å²) in [7, 11) is 0. The number of aryl methyl sites for hydroxylation is 1. The first kappa shape index (κ1) is 13.9. The molecule has 0 aliphatic carbocycles. The molecule has 22 heavy (non-hydrogen) atoms. The van der Waals surface area contributed by atoms with E-state index in [1.54, 1.807) is 29.2 Å². The standard InChI is InChI=1S/C18H13N3O/c19-9-1-2-13-5-8-17-15(10-13)12-21(18(17)22)16-6-3-14(11-20)4-7-16/h3-8,10H,1-2,12H2. The second kappa shape index (κ2) is 5.71. The molecule has 2 aromatic carbocycles. The maximum absolute atomic E-state index is 12.5. The summed E-state index contributed by atoms with van der Waals surface area (Å²) in [6.07, 6.45) is 1.18. The molecule has 0 saturated heterocycles. The Bertz CT molecular complexity index is 810. The molecule has 1 aliphatic heterocycles. The molecule has 4 nitrogen and oxygen atoms in total. The minimum Gasteiger partial charge on any atom is -0.304 e. The van der Waals surface area contributed by atoms with Gasteiger partial charge in [0.05, 0.1) is 24.2 Å². The first-order valence-corrected chi connectivity index (χ1v) is 7.03. The van der Waals surface area contributed by atoms with Crippen LogP contribution in [-0.4, -0.2) is 5.91 Å². The molecule has 1 amide bonds. The summed E-state index contributed by atoms with van der Waals surface area (Å²) in [5.74, 6) is -0.0217. The van der Waals surface area contributed by atoms with Crippen LogP contribution < -0.4 is 4.90 Å². The summed E-state index contributed by atoms with van der Waals surface area (Å²) in [4.78, 5) is 14.2. The number of rotatable bonds is 3. The molecule has 1 aliphatic rings. The van der Waals surface area contributed by atoms with Gasteiger partial charge in [0.1, 0.15) is 0 Å². The third kappa shape index (κ3) is 2.43. The van der Waals surface area contributed by atoms with E-state index in [0.717, 1.165) is 16.8 Å². The van der Waals surface area contributed by atoms with Crippen LogP contribution in [0.25, 0.3) is 0 Å². The predicted molar refractivity (Wildman–Crippen MR) is 82.0 cm³/mol. The average Bonchev–Trinajstić information content (AvgIpc) is 2.89. The molecule has 0 spiro atoms. The van der Waals surface area contributed by atoms with E-state index in [2.05, 4.69) is 12.1 Å². The van der Waals surface area contributed by atoms with Crippen molar-refractivity contribution in [3.8, 4) is 12.1 Å². The number of anilines is 1. The highest BCUT2D eigenvalue weighted by Gasteiger charge is 2.28. The van der Waals surface area contributed by atoms with Gasteiger partial charge in [-0.25, -0.2) is 0 Å². The smallest absolute Gasteiger partial charge is 0.258 e. The molecule has 0 unspecified atom stereocenters. The van der Waals surface area contributed by atoms with Gasteiger partial charge < -0.3 is 4.90 Å². The Balaban J connectivity index is 1.87. The highest BCUT2D eigenvalue weighted by molar-refractivity contribution is 6.10. The molecular weight excluding hydrogens is 274 g/mol. The van der Waals surface area contributed by atoms with Crippen LogP contribution in [0.2, 0.25) is 0 Å². The first-order chi connectivity index (χ1) is 10.7. The van der Waals surface area contributed by atoms with Gasteiger partial charge >= 0.3 is 0 Å². The lowest BCUT2D eigenvalue weighted by Gasteiger charge is -2.15. The molecule has 0 N–H and O–H groups in total. The Hall–Kier alpha value is -3.11. The zero-order valence-corrected chi connectivity index (χ0v) is 11.9. The van der Waals surface area contributed by atoms with Gasteiger partial charge in [-0.3, -0.25) is 4.79 Å². The molecule has 4 heteroatoms. The van der Waals surface area contributed by atoms with Gasteiger partial charge in [-0.05, 0) is 47.9 Å². The number of hydrogen-bond donors (Lipinski definition) is 0. The van der Waals surface area contributed by atoms with Crippen LogP contribution in [0.1, 0.15) is 33.5 Å². The Morgan fingerprint density at radius 2 is 1.86 bits per heavy atom. The molecule has 106 valence electrons. The summed E-state index contributed by atoms with van der Waals surface area (Å²) in [5.41, 5.74) is 4.15. The van der Waals surface area contributed by atoms with Crippen molar-refractivity contribution >= 4 is 11.6 Å². The number of amides is 1. The first-order valence-electron chi connectivity index (χ1n) is 7.03. The van der Waals surface area contributed by atoms with Crippen molar-refractivity contribution in [3.63, 3.8) is 0 Å². The van der Waals surface area contributed by atoms with Gasteiger partial charge in [0.2, 0.25) is 0 Å². The summed E-state index contributed by atoms with van der Waals surface area (Å²) in [5, 5.41) is 17.5. The van der Waals surface area contributed by atoms with Crippen molar-refractivity contribution in [2.45, 2.75) is 19.4 Å². The van der Waals surface area contributed by atoms with E-state index in [1.165, 1.54) is 0 Å². The number of carbonyl (C=O) groups excluding carboxylic acids is 1. The fraction of sp³-hybridized carbons (Fsp3) is 0.167. The number of carbonyl (C=O) groups is 1. The quantitative estimate of drug-likeness (QED) is 0.870. The fourth-order valence-electron chi connectivity index (χ4n) is 2.65. The predicted octanol–water partition coefficient (Wildman–Crippen LogP) is 3.17. The van der Waals surface area contributed by atoms with Gasteiger partial charge in [0.25, 0.3) is 5.91 Å². The van der Waals surface area contributed by atoms with Crippen molar-refractivity contribution in [2.24, 2.45) is 0 Å². The van der Waals surface area contributed by atoms with E-state index in [0.29, 0.717) is 30.5 Å². The number of benzene rings is 2. The molecule has 0 aromatic heterocycles. The van der Waals surface area contributed by atoms with E-state index in [-0.39, 0.29) is 5.91 Å². The lowest BCUT2D eigenvalue weighted by molar-refractivity contribution is 0.0996. The van der Waals surface area contributed by atoms with Crippen LogP contribution in [0.4, 0.5) is 5.69 Å². The van der Waals surface area contributed by atoms with Crippen LogP contribution in [0.3, 0.4) is 0 Å². The molecule has 3 rings (SSSR count). The molecule has 0 fully saturated rings. The second-order valence-electron chi connectivity index (χ2n) is 5.20. The number of nitrogens with zero attached hydrogens (tertiary/aromatic N) is 3. The average molecular weight is 287 g/mol. The van der Waals surface area contributed by atoms with E-state index in [4.69, 9.17) is 10.5 Å². The summed E-state index contributed by atoms with van der Waals surface area (Å²) in [6, 6.07) is 17.0. The minimum absolute atomic E-state index is 0.0217. The van der Waals surface area contributed by atoms with Gasteiger partial charge in [-0.2, -0.15) is 10.5 Å². The molecule has 1 heterocycles. The lowest BCUT2D eigenvalue weighted by atomic mass is 10.0. The van der Waals surface area contributed by atoms with E-state index >= 15 is 0 Å². The highest BCUT2D eigenvalue weighted by atomic mass is 16.2. The highest BCUT2D eigenvalue weighted by Crippen LogP contribution is 2.29. The fourth-order valence-corrected chi connectivity index (χ4v) is 2.65. The maximum Gasteiger partial charge on any atom is 0.258 e. The minimum atomic E-state index is -0.0217. The summed E-state index contributed by atoms with van der Waals surface area (Å²) >= 11 is 0. The number of fused-ring (bicyclic) bond motifs is 1. The molecule has 0 atom stereocenters. The number of hydrogen-bond acceptors (Lipinski definition) is 3. The monoisotopic (exact) mass is 287 g/mol. The summed E-state index contributed by atoms with van der Waals surface area (Å²) < 4.78 is 0. The van der Waals surface area contributed by atoms with Crippen LogP contribution in [-0.2, 0) is 13.0 Å². The van der Waals surface area contributed by atoms with Crippen LogP contribution in [0.15, 0.2) is 42.5 Å². The SMILES string of the molecule is N#CCCc1ccc2c(c1)CN(c1ccc(C#N)cc1)C2=O. The molecule has 0 radical (unpaired) electrons. The molecule has 0 bridgehead atoms. The summed E-state index contributed by atoms with van der Waals surface area (Å²) in [6.45, 7) is 0.528. The zero-order chi connectivity index (χ0) is 15.5. The molecule has 0 saturated carbocycles. The Morgan fingerprint density at radius 1 is 1.09 bits per heavy atom. The second-order valence-corrected chi connectivity index (χ2v) is 5.20. The van der Waals surface area contributed by atoms with E-state index in [1.807, 2.05) is 18.2 Å². The Kier molecular flexibility index (Phi) is 3.60. The molecular formula is C18H13N3O. The molecule has 2 aromatic rings. The third-order valence-electron chi connectivity index (χ3n) is 3.81. The topological polar surface area (TPSA) is 67.9 Å². The normalized spacial score (nSPS) is 12.6. The van der Waals surface area contributed by atoms with Crippen LogP contribution in [0.5, 0.6) is 0 Å². The van der Waals surface area contributed by atoms with Gasteiger partial charge in [-0.15, -0.1) is 0 Å². The largest absolute Gasteiger partial charge is 0.304 e. The van der Waals surface area contributed by atoms with Crippen LogP contribution in [0, 0.1) is 22.7 Å². The van der Waals surface area contributed by atoms with Gasteiger partial charge in [0.15, 0.2) is 0 Å². The van der Waals surface area contributed by atoms with Crippen LogP contribution >= 0.6 is 0 Å². The maximum atomic E-state index is 12.5. The Morgan fingerprint density at radius 3 is 2.55 bits per heavy atom. The number of nitriles is 2. The van der Waals surface area contributed by atoms with Crippen molar-refractivity contribution < 1.29 is 4.79 Å². The van der Waals surface area contributed by atoms with Gasteiger partial charge in [-0.1, -0.05) is 12.1 Å². The zero-order valence-electron chi connectivity index (χ0n) is 11.9. The van der Waals surface area contributed by atoms with Gasteiger partial charge in [0, 0.05) is 17.7 Å². The van der Waals surface area contributed by atoms with Crippen molar-refractivity contribution in [1.82, 2.24) is 0 Å². The van der Waals surface area contributed by atoms with Crippen molar-refractivity contribution in [1.29, 1.82) is 10.5 Å². The van der Waals surface area contributed by atoms with E-state index in [9.17, 15) is 4.79 Å². The van der Waals surface area contributed by atoms with Crippen molar-refractivity contribution in [2.75, 3.05) is 4.90 Å². The third-order valence-corrected chi connectivity index (χ3v) is 3.81. The Labute approximate surface area is 128 Å².